The van der Waals surface area contributed by atoms with Crippen LogP contribution in [0.25, 0.3) is 0 Å². The van der Waals surface area contributed by atoms with Gasteiger partial charge in [0.15, 0.2) is 6.10 Å². The third kappa shape index (κ3) is 46.9. The fourth-order valence-corrected chi connectivity index (χ4v) is 7.13. The van der Waals surface area contributed by atoms with Gasteiger partial charge in [0.05, 0.1) is 27.7 Å². The number of unbranched alkanes of at least 4 members (excludes halogenated alkanes) is 18. The van der Waals surface area contributed by atoms with E-state index in [1.165, 1.54) is 89.9 Å². The smallest absolute Gasteiger partial charge is 0.462 e. The number of allylic oxidation sites excluding steroid dienone is 12. The minimum Gasteiger partial charge on any atom is -0.462 e. The topological polar surface area (TPSA) is 108 Å². The van der Waals surface area contributed by atoms with E-state index in [1.54, 1.807) is 0 Å². The number of carbonyl (C=O) groups excluding carboxylic acids is 2. The minimum absolute atomic E-state index is 0.0214. The second-order valence-corrected chi connectivity index (χ2v) is 18.9. The molecule has 0 rings (SSSR count). The first-order valence-corrected chi connectivity index (χ1v) is 26.2. The predicted octanol–water partition coefficient (Wildman–Crippen LogP) is 14.6. The van der Waals surface area contributed by atoms with Gasteiger partial charge in [0, 0.05) is 12.8 Å². The van der Waals surface area contributed by atoms with Gasteiger partial charge in [0.1, 0.15) is 19.8 Å². The predicted molar refractivity (Wildman–Crippen MR) is 261 cm³/mol. The Labute approximate surface area is 380 Å². The first-order chi connectivity index (χ1) is 30.0. The van der Waals surface area contributed by atoms with E-state index in [0.717, 1.165) is 70.6 Å². The molecule has 2 atom stereocenters. The summed E-state index contributed by atoms with van der Waals surface area (Å²) >= 11 is 0. The molecule has 1 unspecified atom stereocenters. The van der Waals surface area contributed by atoms with Crippen molar-refractivity contribution in [2.24, 2.45) is 0 Å². The zero-order valence-corrected chi connectivity index (χ0v) is 41.2. The van der Waals surface area contributed by atoms with Crippen molar-refractivity contribution in [1.29, 1.82) is 0 Å². The Balaban J connectivity index is 4.36. The van der Waals surface area contributed by atoms with Gasteiger partial charge in [-0.3, -0.25) is 18.6 Å². The van der Waals surface area contributed by atoms with Gasteiger partial charge in [-0.2, -0.15) is 0 Å². The van der Waals surface area contributed by atoms with Crippen molar-refractivity contribution in [3.63, 3.8) is 0 Å². The standard InChI is InChI=1S/C52H92NO8P/c1-6-8-10-12-14-16-18-20-22-24-26-28-30-32-34-36-38-40-42-44-51(54)58-48-50(49-60-62(56,57)59-47-46-53(3,4)5)61-52(55)45-43-41-39-37-35-33-31-29-27-25-23-21-19-17-15-13-11-9-7-2/h9,11,15,17,20-23,27,29,33,35,50H,6-8,10,12-14,16,18-19,24-26,28,30-32,34,36-49H2,1-5H3/p+1/b11-9-,17-15-,22-20-,23-21-,29-27-,35-33-/t50-/m1/s1. The Bertz CT molecular complexity index is 1280. The molecule has 0 aliphatic heterocycles. The summed E-state index contributed by atoms with van der Waals surface area (Å²) in [5.41, 5.74) is 0. The summed E-state index contributed by atoms with van der Waals surface area (Å²) in [6.45, 7) is 4.27. The lowest BCUT2D eigenvalue weighted by atomic mass is 10.1. The van der Waals surface area contributed by atoms with E-state index in [9.17, 15) is 19.0 Å². The molecule has 0 aliphatic carbocycles. The quantitative estimate of drug-likeness (QED) is 0.0212. The maximum absolute atomic E-state index is 12.7. The number of phosphoric acid groups is 1. The maximum atomic E-state index is 12.7. The molecule has 0 spiro atoms. The Morgan fingerprint density at radius 1 is 0.516 bits per heavy atom. The normalized spacial score (nSPS) is 14.1. The molecule has 0 aliphatic rings. The largest absolute Gasteiger partial charge is 0.472 e. The highest BCUT2D eigenvalue weighted by Gasteiger charge is 2.27. The number of quaternary nitrogens is 1. The summed E-state index contributed by atoms with van der Waals surface area (Å²) in [7, 11) is 1.44. The summed E-state index contributed by atoms with van der Waals surface area (Å²) in [5, 5.41) is 0. The number of phosphoric ester groups is 1. The number of esters is 2. The molecule has 0 amide bonds. The van der Waals surface area contributed by atoms with Gasteiger partial charge in [0.2, 0.25) is 0 Å². The molecule has 0 aromatic heterocycles. The molecule has 0 aromatic rings. The van der Waals surface area contributed by atoms with Crippen molar-refractivity contribution in [1.82, 2.24) is 0 Å². The molecule has 10 heteroatoms. The SMILES string of the molecule is CC/C=C\C/C=C\C/C=C\C/C=C\C/C=C\CCCCCC(=O)O[C@H](COC(=O)CCCCCCCCCCC/C=C\CCCCCCCC)COP(=O)(O)OCC[N+](C)(C)C. The number of hydrogen-bond acceptors (Lipinski definition) is 7. The summed E-state index contributed by atoms with van der Waals surface area (Å²) in [6.07, 6.45) is 55.2. The number of carbonyl (C=O) groups is 2. The van der Waals surface area contributed by atoms with E-state index in [-0.39, 0.29) is 32.0 Å². The Morgan fingerprint density at radius 2 is 0.919 bits per heavy atom. The summed E-state index contributed by atoms with van der Waals surface area (Å²) in [4.78, 5) is 35.5. The van der Waals surface area contributed by atoms with Crippen LogP contribution in [0.4, 0.5) is 0 Å². The van der Waals surface area contributed by atoms with Crippen molar-refractivity contribution in [3.8, 4) is 0 Å². The van der Waals surface area contributed by atoms with E-state index in [2.05, 4.69) is 86.8 Å². The van der Waals surface area contributed by atoms with E-state index in [4.69, 9.17) is 18.5 Å². The third-order valence-corrected chi connectivity index (χ3v) is 11.2. The molecule has 62 heavy (non-hydrogen) atoms. The van der Waals surface area contributed by atoms with Gasteiger partial charge in [-0.25, -0.2) is 4.57 Å². The van der Waals surface area contributed by atoms with Crippen LogP contribution in [0.3, 0.4) is 0 Å². The molecule has 0 bridgehead atoms. The van der Waals surface area contributed by atoms with Gasteiger partial charge in [-0.15, -0.1) is 0 Å². The molecule has 0 heterocycles. The van der Waals surface area contributed by atoms with Crippen LogP contribution < -0.4 is 0 Å². The lowest BCUT2D eigenvalue weighted by molar-refractivity contribution is -0.870. The maximum Gasteiger partial charge on any atom is 0.472 e. The van der Waals surface area contributed by atoms with Gasteiger partial charge >= 0.3 is 19.8 Å². The molecular formula is C52H93NO8P+. The van der Waals surface area contributed by atoms with Crippen LogP contribution in [0.2, 0.25) is 0 Å². The van der Waals surface area contributed by atoms with Gasteiger partial charge in [0.25, 0.3) is 0 Å². The molecule has 0 fully saturated rings. The highest BCUT2D eigenvalue weighted by Crippen LogP contribution is 2.43. The number of ether oxygens (including phenoxy) is 2. The Morgan fingerprint density at radius 3 is 1.40 bits per heavy atom. The van der Waals surface area contributed by atoms with Crippen LogP contribution >= 0.6 is 7.82 Å². The number of hydrogen-bond donors (Lipinski definition) is 1. The summed E-state index contributed by atoms with van der Waals surface area (Å²) in [6, 6.07) is 0. The molecule has 0 saturated carbocycles. The zero-order valence-electron chi connectivity index (χ0n) is 40.3. The summed E-state index contributed by atoms with van der Waals surface area (Å²) < 4.78 is 34.4. The van der Waals surface area contributed by atoms with Gasteiger partial charge in [-0.05, 0) is 83.5 Å². The van der Waals surface area contributed by atoms with Crippen LogP contribution in [-0.4, -0.2) is 74.9 Å². The van der Waals surface area contributed by atoms with E-state index < -0.39 is 26.5 Å². The highest BCUT2D eigenvalue weighted by molar-refractivity contribution is 7.47. The van der Waals surface area contributed by atoms with E-state index in [0.29, 0.717) is 17.4 Å². The number of rotatable bonds is 44. The van der Waals surface area contributed by atoms with Crippen LogP contribution in [0.15, 0.2) is 72.9 Å². The third-order valence-electron chi connectivity index (χ3n) is 10.2. The Kier molecular flexibility index (Phi) is 41.9. The first-order valence-electron chi connectivity index (χ1n) is 24.7. The average molecular weight is 891 g/mol. The van der Waals surface area contributed by atoms with Crippen LogP contribution in [0, 0.1) is 0 Å². The van der Waals surface area contributed by atoms with Crippen LogP contribution in [0.1, 0.15) is 194 Å². The molecular weight excluding hydrogens is 798 g/mol. The average Bonchev–Trinajstić information content (AvgIpc) is 3.23. The van der Waals surface area contributed by atoms with Crippen molar-refractivity contribution in [2.45, 2.75) is 200 Å². The fourth-order valence-electron chi connectivity index (χ4n) is 6.39. The van der Waals surface area contributed by atoms with Gasteiger partial charge in [-0.1, -0.05) is 170 Å². The zero-order chi connectivity index (χ0) is 45.7. The molecule has 358 valence electrons. The summed E-state index contributed by atoms with van der Waals surface area (Å²) in [5.74, 6) is -0.840. The van der Waals surface area contributed by atoms with Crippen molar-refractivity contribution >= 4 is 19.8 Å². The van der Waals surface area contributed by atoms with Crippen LogP contribution in [0.5, 0.6) is 0 Å². The fraction of sp³-hybridized carbons (Fsp3) is 0.731. The van der Waals surface area contributed by atoms with Crippen LogP contribution in [-0.2, 0) is 32.7 Å². The second-order valence-electron chi connectivity index (χ2n) is 17.5. The molecule has 0 aromatic carbocycles. The van der Waals surface area contributed by atoms with Crippen molar-refractivity contribution < 1.29 is 42.1 Å². The lowest BCUT2D eigenvalue weighted by Gasteiger charge is -2.24. The van der Waals surface area contributed by atoms with Crippen molar-refractivity contribution in [2.75, 3.05) is 47.5 Å². The van der Waals surface area contributed by atoms with E-state index >= 15 is 0 Å². The monoisotopic (exact) mass is 891 g/mol. The number of likely N-dealkylation sites (N-methyl/N-ethyl adjacent to an activating group) is 1. The molecule has 9 nitrogen and oxygen atoms in total. The van der Waals surface area contributed by atoms with E-state index in [1.807, 2.05) is 21.1 Å². The lowest BCUT2D eigenvalue weighted by Crippen LogP contribution is -2.37. The number of nitrogens with zero attached hydrogens (tertiary/aromatic N) is 1. The first kappa shape index (κ1) is 59.5. The minimum atomic E-state index is -4.39. The molecule has 0 saturated heterocycles. The second kappa shape index (κ2) is 43.7. The highest BCUT2D eigenvalue weighted by atomic mass is 31.2. The Hall–Kier alpha value is -2.55. The molecule has 1 N–H and O–H groups in total. The molecule has 0 radical (unpaired) electrons. The van der Waals surface area contributed by atoms with Crippen molar-refractivity contribution in [3.05, 3.63) is 72.9 Å². The van der Waals surface area contributed by atoms with Gasteiger partial charge < -0.3 is 18.9 Å².